The van der Waals surface area contributed by atoms with E-state index in [1.165, 1.54) is 0 Å². The van der Waals surface area contributed by atoms with E-state index in [9.17, 15) is 14.7 Å². The lowest BCUT2D eigenvalue weighted by Gasteiger charge is -2.17. The number of unbranched alkanes of at least 4 members (excludes halogenated alkanes) is 1. The number of amides is 1. The van der Waals surface area contributed by atoms with Gasteiger partial charge in [-0.1, -0.05) is 74.0 Å². The Balaban J connectivity index is 1.35. The molecule has 0 heterocycles. The molecule has 34 heavy (non-hydrogen) atoms. The van der Waals surface area contributed by atoms with Crippen LogP contribution in [0.5, 0.6) is 5.75 Å². The lowest BCUT2D eigenvalue weighted by atomic mass is 9.98. The number of rotatable bonds is 10. The van der Waals surface area contributed by atoms with E-state index in [2.05, 4.69) is 24.4 Å². The first-order valence-electron chi connectivity index (χ1n) is 11.6. The molecule has 0 spiro atoms. The molecule has 6 heteroatoms. The minimum absolute atomic E-state index is 0.0818. The first-order chi connectivity index (χ1) is 16.6. The predicted octanol–water partition coefficient (Wildman–Crippen LogP) is 5.40. The number of carbonyl (C=O) groups excluding carboxylic acids is 1. The number of benzene rings is 3. The van der Waals surface area contributed by atoms with Gasteiger partial charge in [0, 0.05) is 12.3 Å². The highest BCUT2D eigenvalue weighted by Gasteiger charge is 2.29. The summed E-state index contributed by atoms with van der Waals surface area (Å²) in [6.45, 7) is 2.88. The topological polar surface area (TPSA) is 84.9 Å². The molecule has 0 aromatic heterocycles. The van der Waals surface area contributed by atoms with E-state index < -0.39 is 18.1 Å². The second-order valence-corrected chi connectivity index (χ2v) is 8.41. The van der Waals surface area contributed by atoms with Crippen LogP contribution in [0, 0.1) is 0 Å². The van der Waals surface area contributed by atoms with Crippen molar-refractivity contribution in [2.75, 3.05) is 13.2 Å². The van der Waals surface area contributed by atoms with E-state index in [-0.39, 0.29) is 18.9 Å². The summed E-state index contributed by atoms with van der Waals surface area (Å²) in [7, 11) is 0. The third-order valence-electron chi connectivity index (χ3n) is 6.06. The van der Waals surface area contributed by atoms with Gasteiger partial charge in [-0.3, -0.25) is 0 Å². The molecule has 0 unspecified atom stereocenters. The number of carbonyl (C=O) groups is 2. The zero-order valence-corrected chi connectivity index (χ0v) is 19.2. The molecular weight excluding hydrogens is 430 g/mol. The maximum Gasteiger partial charge on any atom is 0.407 e. The van der Waals surface area contributed by atoms with Crippen LogP contribution in [-0.2, 0) is 16.0 Å². The number of fused-ring (bicyclic) bond motifs is 3. The number of alkyl carbamates (subject to hydrolysis) is 1. The largest absolute Gasteiger partial charge is 0.494 e. The molecule has 1 aliphatic rings. The van der Waals surface area contributed by atoms with E-state index in [1.54, 1.807) is 0 Å². The van der Waals surface area contributed by atoms with Gasteiger partial charge in [0.2, 0.25) is 0 Å². The quantitative estimate of drug-likeness (QED) is 0.397. The molecule has 0 saturated heterocycles. The highest BCUT2D eigenvalue weighted by molar-refractivity contribution is 5.81. The van der Waals surface area contributed by atoms with Gasteiger partial charge in [-0.05, 0) is 46.4 Å². The molecule has 1 aliphatic carbocycles. The van der Waals surface area contributed by atoms with Crippen molar-refractivity contribution in [3.8, 4) is 16.9 Å². The molecule has 3 aromatic rings. The predicted molar refractivity (Wildman–Crippen MR) is 130 cm³/mol. The SMILES string of the molecule is CCCCOc1ccc(C[C@H](NC(=O)OCC2c3ccccc3-c3ccccc32)C(=O)O)cc1. The minimum Gasteiger partial charge on any atom is -0.494 e. The van der Waals surface area contributed by atoms with E-state index in [0.717, 1.165) is 46.4 Å². The molecular formula is C28H29NO5. The first kappa shape index (κ1) is 23.4. The molecule has 3 aromatic carbocycles. The molecule has 1 atom stereocenters. The van der Waals surface area contributed by atoms with Gasteiger partial charge in [-0.2, -0.15) is 0 Å². The Morgan fingerprint density at radius 2 is 1.56 bits per heavy atom. The summed E-state index contributed by atoms with van der Waals surface area (Å²) in [5.41, 5.74) is 5.27. The fraction of sp³-hybridized carbons (Fsp3) is 0.286. The second-order valence-electron chi connectivity index (χ2n) is 8.41. The van der Waals surface area contributed by atoms with Gasteiger partial charge >= 0.3 is 12.1 Å². The number of nitrogens with one attached hydrogen (secondary N) is 1. The summed E-state index contributed by atoms with van der Waals surface area (Å²) in [4.78, 5) is 24.3. The van der Waals surface area contributed by atoms with E-state index in [4.69, 9.17) is 9.47 Å². The van der Waals surface area contributed by atoms with Crippen molar-refractivity contribution >= 4 is 12.1 Å². The number of aliphatic carboxylic acids is 1. The summed E-state index contributed by atoms with van der Waals surface area (Å²) in [6, 6.07) is 22.3. The maximum atomic E-state index is 12.5. The van der Waals surface area contributed by atoms with Crippen LogP contribution in [0.4, 0.5) is 4.79 Å². The summed E-state index contributed by atoms with van der Waals surface area (Å²) >= 11 is 0. The third-order valence-corrected chi connectivity index (χ3v) is 6.06. The van der Waals surface area contributed by atoms with E-state index in [0.29, 0.717) is 6.61 Å². The lowest BCUT2D eigenvalue weighted by Crippen LogP contribution is -2.42. The molecule has 0 radical (unpaired) electrons. The monoisotopic (exact) mass is 459 g/mol. The number of carboxylic acid groups (broad SMARTS) is 1. The zero-order valence-electron chi connectivity index (χ0n) is 19.2. The van der Waals surface area contributed by atoms with Crippen molar-refractivity contribution in [2.24, 2.45) is 0 Å². The summed E-state index contributed by atoms with van der Waals surface area (Å²) in [6.07, 6.45) is 1.44. The van der Waals surface area contributed by atoms with E-state index >= 15 is 0 Å². The molecule has 176 valence electrons. The van der Waals surface area contributed by atoms with Crippen LogP contribution in [0.15, 0.2) is 72.8 Å². The van der Waals surface area contributed by atoms with Gasteiger partial charge in [-0.15, -0.1) is 0 Å². The third kappa shape index (κ3) is 5.39. The Morgan fingerprint density at radius 1 is 0.941 bits per heavy atom. The molecule has 6 nitrogen and oxygen atoms in total. The molecule has 2 N–H and O–H groups in total. The van der Waals surface area contributed by atoms with Crippen LogP contribution in [-0.4, -0.2) is 36.4 Å². The number of hydrogen-bond acceptors (Lipinski definition) is 4. The maximum absolute atomic E-state index is 12.5. The van der Waals surface area contributed by atoms with Crippen LogP contribution in [0.3, 0.4) is 0 Å². The Kier molecular flexibility index (Phi) is 7.48. The number of carboxylic acids is 1. The van der Waals surface area contributed by atoms with Crippen LogP contribution < -0.4 is 10.1 Å². The van der Waals surface area contributed by atoms with Gasteiger partial charge < -0.3 is 19.9 Å². The van der Waals surface area contributed by atoms with Crippen molar-refractivity contribution in [1.82, 2.24) is 5.32 Å². The molecule has 0 bridgehead atoms. The fourth-order valence-electron chi connectivity index (χ4n) is 4.27. The average molecular weight is 460 g/mol. The molecule has 0 aliphatic heterocycles. The Morgan fingerprint density at radius 3 is 2.15 bits per heavy atom. The normalized spacial score (nSPS) is 13.0. The molecule has 0 fully saturated rings. The Labute approximate surface area is 199 Å². The minimum atomic E-state index is -1.11. The standard InChI is InChI=1S/C28H29NO5/c1-2-3-16-33-20-14-12-19(13-15-20)17-26(27(30)31)29-28(32)34-18-25-23-10-6-4-8-21(23)22-9-5-7-11-24(22)25/h4-15,25-26H,2-3,16-18H2,1H3,(H,29,32)(H,30,31)/t26-/m0/s1. The summed E-state index contributed by atoms with van der Waals surface area (Å²) in [5.74, 6) is -0.452. The van der Waals surface area contributed by atoms with Crippen molar-refractivity contribution in [1.29, 1.82) is 0 Å². The molecule has 0 saturated carbocycles. The Hall–Kier alpha value is -3.80. The van der Waals surface area contributed by atoms with Crippen molar-refractivity contribution < 1.29 is 24.2 Å². The van der Waals surface area contributed by atoms with E-state index in [1.807, 2.05) is 60.7 Å². The van der Waals surface area contributed by atoms with Crippen molar-refractivity contribution in [2.45, 2.75) is 38.1 Å². The van der Waals surface area contributed by atoms with Gasteiger partial charge in [0.15, 0.2) is 0 Å². The number of ether oxygens (including phenoxy) is 2. The highest BCUT2D eigenvalue weighted by atomic mass is 16.5. The molecule has 4 rings (SSSR count). The molecule has 1 amide bonds. The highest BCUT2D eigenvalue weighted by Crippen LogP contribution is 2.44. The van der Waals surface area contributed by atoms with Crippen LogP contribution in [0.25, 0.3) is 11.1 Å². The average Bonchev–Trinajstić information content (AvgIpc) is 3.17. The van der Waals surface area contributed by atoms with Gasteiger partial charge in [0.1, 0.15) is 18.4 Å². The van der Waals surface area contributed by atoms with Crippen LogP contribution in [0.2, 0.25) is 0 Å². The summed E-state index contributed by atoms with van der Waals surface area (Å²) in [5, 5.41) is 12.1. The lowest BCUT2D eigenvalue weighted by molar-refractivity contribution is -0.139. The van der Waals surface area contributed by atoms with Gasteiger partial charge in [-0.25, -0.2) is 9.59 Å². The summed E-state index contributed by atoms with van der Waals surface area (Å²) < 4.78 is 11.1. The van der Waals surface area contributed by atoms with Crippen molar-refractivity contribution in [3.05, 3.63) is 89.5 Å². The second kappa shape index (κ2) is 10.9. The first-order valence-corrected chi connectivity index (χ1v) is 11.6. The number of hydrogen-bond donors (Lipinski definition) is 2. The van der Waals surface area contributed by atoms with Crippen LogP contribution >= 0.6 is 0 Å². The Bertz CT molecular complexity index is 1100. The van der Waals surface area contributed by atoms with Crippen LogP contribution in [0.1, 0.15) is 42.4 Å². The van der Waals surface area contributed by atoms with Gasteiger partial charge in [0.25, 0.3) is 0 Å². The smallest absolute Gasteiger partial charge is 0.407 e. The van der Waals surface area contributed by atoms with Crippen molar-refractivity contribution in [3.63, 3.8) is 0 Å². The zero-order chi connectivity index (χ0) is 23.9. The fourth-order valence-corrected chi connectivity index (χ4v) is 4.27. The van der Waals surface area contributed by atoms with Gasteiger partial charge in [0.05, 0.1) is 6.61 Å².